The predicted octanol–water partition coefficient (Wildman–Crippen LogP) is 3.52. The van der Waals surface area contributed by atoms with Gasteiger partial charge in [0.15, 0.2) is 10.3 Å². The maximum absolute atomic E-state index is 13.1. The van der Waals surface area contributed by atoms with E-state index in [1.807, 2.05) is 26.0 Å². The number of nitrogens with one attached hydrogen (secondary N) is 2. The average Bonchev–Trinajstić information content (AvgIpc) is 3.15. The van der Waals surface area contributed by atoms with Crippen LogP contribution in [-0.2, 0) is 23.0 Å². The number of aromatic nitrogens is 2. The van der Waals surface area contributed by atoms with Crippen LogP contribution in [-0.4, -0.2) is 31.0 Å². The maximum Gasteiger partial charge on any atom is 0.265 e. The van der Waals surface area contributed by atoms with Crippen LogP contribution in [0, 0.1) is 18.0 Å². The molecule has 3 aromatic rings. The largest absolute Gasteiger partial charge is 0.368 e. The first kappa shape index (κ1) is 25.3. The van der Waals surface area contributed by atoms with Crippen LogP contribution in [0.3, 0.4) is 0 Å². The number of sulfonamides is 1. The molecule has 2 aromatic heterocycles. The van der Waals surface area contributed by atoms with E-state index in [-0.39, 0.29) is 27.0 Å². The van der Waals surface area contributed by atoms with Gasteiger partial charge in [-0.05, 0) is 43.4 Å². The summed E-state index contributed by atoms with van der Waals surface area (Å²) >= 11 is 6.88. The minimum absolute atomic E-state index is 0.0554. The molecule has 0 bridgehead atoms. The third kappa shape index (κ3) is 6.61. The third-order valence-electron chi connectivity index (χ3n) is 5.16. The number of pyridine rings is 1. The van der Waals surface area contributed by atoms with Crippen LogP contribution >= 0.6 is 22.9 Å². The Morgan fingerprint density at radius 2 is 1.97 bits per heavy atom. The molecule has 0 aliphatic heterocycles. The molecule has 0 unspecified atom stereocenters. The van der Waals surface area contributed by atoms with Crippen molar-refractivity contribution in [2.45, 2.75) is 37.8 Å². The number of nitrogens with two attached hydrogens (primary N) is 2. The van der Waals surface area contributed by atoms with Crippen molar-refractivity contribution < 1.29 is 12.8 Å². The normalized spacial score (nSPS) is 13.5. The summed E-state index contributed by atoms with van der Waals surface area (Å²) in [6.07, 6.45) is 2.83. The lowest BCUT2D eigenvalue weighted by Crippen LogP contribution is -2.34. The van der Waals surface area contributed by atoms with Gasteiger partial charge in [0.2, 0.25) is 0 Å². The van der Waals surface area contributed by atoms with Gasteiger partial charge in [-0.3, -0.25) is 4.72 Å². The number of halogens is 2. The number of hydrogen-bond donors (Lipinski definition) is 4. The first-order valence-corrected chi connectivity index (χ1v) is 12.8. The molecule has 12 heteroatoms. The Labute approximate surface area is 201 Å². The first-order chi connectivity index (χ1) is 15.6. The van der Waals surface area contributed by atoms with Crippen molar-refractivity contribution >= 4 is 43.9 Å². The highest BCUT2D eigenvalue weighted by Gasteiger charge is 2.20. The summed E-state index contributed by atoms with van der Waals surface area (Å²) < 4.78 is 40.3. The summed E-state index contributed by atoms with van der Waals surface area (Å²) in [5, 5.41) is 2.61. The van der Waals surface area contributed by atoms with Gasteiger partial charge in [-0.15, -0.1) is 0 Å². The van der Waals surface area contributed by atoms with Crippen LogP contribution in [0.4, 0.5) is 15.3 Å². The molecule has 0 aliphatic rings. The lowest BCUT2D eigenvalue weighted by atomic mass is 9.90. The minimum Gasteiger partial charge on any atom is -0.368 e. The number of nitrogens with zero attached hydrogens (tertiary/aromatic N) is 2. The summed E-state index contributed by atoms with van der Waals surface area (Å²) in [4.78, 5) is 7.65. The zero-order valence-electron chi connectivity index (χ0n) is 18.2. The molecule has 0 saturated carbocycles. The van der Waals surface area contributed by atoms with Gasteiger partial charge in [-0.25, -0.2) is 18.4 Å². The molecule has 3 rings (SSSR count). The summed E-state index contributed by atoms with van der Waals surface area (Å²) in [6.45, 7) is 4.88. The molecule has 0 fully saturated rings. The van der Waals surface area contributed by atoms with E-state index in [4.69, 9.17) is 23.1 Å². The number of anilines is 2. The Bertz CT molecular complexity index is 1220. The van der Waals surface area contributed by atoms with E-state index in [0.29, 0.717) is 30.2 Å². The van der Waals surface area contributed by atoms with Crippen LogP contribution in [0.5, 0.6) is 0 Å². The van der Waals surface area contributed by atoms with Crippen LogP contribution in [0.2, 0.25) is 5.02 Å². The van der Waals surface area contributed by atoms with Crippen molar-refractivity contribution in [3.8, 4) is 0 Å². The van der Waals surface area contributed by atoms with Gasteiger partial charge >= 0.3 is 0 Å². The van der Waals surface area contributed by atoms with Gasteiger partial charge in [-0.1, -0.05) is 46.7 Å². The van der Waals surface area contributed by atoms with E-state index >= 15 is 0 Å². The number of rotatable bonds is 10. The molecule has 178 valence electrons. The summed E-state index contributed by atoms with van der Waals surface area (Å²) in [7, 11) is -4.01. The predicted molar refractivity (Wildman–Crippen MR) is 131 cm³/mol. The molecule has 0 radical (unpaired) electrons. The van der Waals surface area contributed by atoms with Gasteiger partial charge in [0, 0.05) is 25.3 Å². The zero-order valence-corrected chi connectivity index (χ0v) is 20.6. The third-order valence-corrected chi connectivity index (χ3v) is 7.59. The molecule has 2 heterocycles. The molecule has 0 aliphatic carbocycles. The molecule has 1 aromatic carbocycles. The van der Waals surface area contributed by atoms with E-state index < -0.39 is 15.2 Å². The monoisotopic (exact) mass is 512 g/mol. The highest BCUT2D eigenvalue weighted by atomic mass is 35.5. The quantitative estimate of drug-likeness (QED) is 0.326. The van der Waals surface area contributed by atoms with Gasteiger partial charge < -0.3 is 16.8 Å². The van der Waals surface area contributed by atoms with Crippen molar-refractivity contribution in [1.82, 2.24) is 9.97 Å². The summed E-state index contributed by atoms with van der Waals surface area (Å²) in [6, 6.07) is 7.33. The molecule has 2 atom stereocenters. The zero-order chi connectivity index (χ0) is 24.2. The highest BCUT2D eigenvalue weighted by Crippen LogP contribution is 2.26. The second-order valence-corrected chi connectivity index (χ2v) is 10.8. The Balaban J connectivity index is 1.71. The number of benzene rings is 1. The van der Waals surface area contributed by atoms with Gasteiger partial charge in [0.1, 0.15) is 10.7 Å². The fourth-order valence-corrected chi connectivity index (χ4v) is 5.33. The van der Waals surface area contributed by atoms with E-state index in [1.54, 1.807) is 0 Å². The molecular weight excluding hydrogens is 487 g/mol. The first-order valence-electron chi connectivity index (χ1n) is 10.2. The number of aryl methyl sites for hydroxylation is 1. The van der Waals surface area contributed by atoms with Gasteiger partial charge in [0.05, 0.1) is 11.2 Å². The summed E-state index contributed by atoms with van der Waals surface area (Å²) in [5.41, 5.74) is 15.5. The SMILES string of the molecule is Cc1ccc(CN)c(C[C@@H](CNc2ncc(S(=O)(=O)Nc3ncc(F)s3)cc2Cl)[C@@H](C)N)c1. The average molecular weight is 513 g/mol. The Hall–Kier alpha value is -2.31. The molecular formula is C21H26ClFN6O2S2. The van der Waals surface area contributed by atoms with Crippen LogP contribution < -0.4 is 21.5 Å². The van der Waals surface area contributed by atoms with Crippen LogP contribution in [0.1, 0.15) is 23.6 Å². The van der Waals surface area contributed by atoms with Crippen molar-refractivity contribution in [3.63, 3.8) is 0 Å². The van der Waals surface area contributed by atoms with Gasteiger partial charge in [0.25, 0.3) is 10.0 Å². The van der Waals surface area contributed by atoms with E-state index in [2.05, 4.69) is 26.1 Å². The Kier molecular flexibility index (Phi) is 8.24. The molecule has 8 nitrogen and oxygen atoms in total. The van der Waals surface area contributed by atoms with Gasteiger partial charge in [-0.2, -0.15) is 4.39 Å². The van der Waals surface area contributed by atoms with E-state index in [9.17, 15) is 12.8 Å². The Morgan fingerprint density at radius 1 is 1.21 bits per heavy atom. The van der Waals surface area contributed by atoms with E-state index in [0.717, 1.165) is 29.3 Å². The van der Waals surface area contributed by atoms with Crippen LogP contribution in [0.15, 0.2) is 41.6 Å². The van der Waals surface area contributed by atoms with Crippen molar-refractivity contribution in [3.05, 3.63) is 63.5 Å². The lowest BCUT2D eigenvalue weighted by molar-refractivity contribution is 0.460. The number of thiazole rings is 1. The molecule has 6 N–H and O–H groups in total. The fraction of sp³-hybridized carbons (Fsp3) is 0.333. The highest BCUT2D eigenvalue weighted by molar-refractivity contribution is 7.93. The second-order valence-electron chi connectivity index (χ2n) is 7.76. The molecule has 33 heavy (non-hydrogen) atoms. The lowest BCUT2D eigenvalue weighted by Gasteiger charge is -2.23. The van der Waals surface area contributed by atoms with Crippen molar-refractivity contribution in [2.24, 2.45) is 17.4 Å². The standard InChI is InChI=1S/C21H26ClFN6O2S2/c1-12-3-4-14(8-24)15(5-12)6-16(13(2)25)9-26-20-18(22)7-17(10-27-20)33(30,31)29-21-28-11-19(23)32-21/h3-5,7,10-11,13,16H,6,8-9,24-25H2,1-2H3,(H,26,27)(H,28,29)/t13-,16+/m1/s1. The smallest absolute Gasteiger partial charge is 0.265 e. The van der Waals surface area contributed by atoms with Crippen LogP contribution in [0.25, 0.3) is 0 Å². The Morgan fingerprint density at radius 3 is 2.58 bits per heavy atom. The maximum atomic E-state index is 13.1. The van der Waals surface area contributed by atoms with Crippen molar-refractivity contribution in [1.29, 1.82) is 0 Å². The fourth-order valence-electron chi connectivity index (χ4n) is 3.27. The topological polar surface area (TPSA) is 136 Å². The van der Waals surface area contributed by atoms with Crippen molar-refractivity contribution in [2.75, 3.05) is 16.6 Å². The summed E-state index contributed by atoms with van der Waals surface area (Å²) in [5.74, 6) is 0.393. The minimum atomic E-state index is -4.01. The second kappa shape index (κ2) is 10.7. The molecule has 0 saturated heterocycles. The van der Waals surface area contributed by atoms with E-state index in [1.165, 1.54) is 12.3 Å². The molecule has 0 spiro atoms. The number of hydrogen-bond acceptors (Lipinski definition) is 8. The molecule has 0 amide bonds.